The lowest BCUT2D eigenvalue weighted by atomic mass is 9.83. The van der Waals surface area contributed by atoms with Gasteiger partial charge >= 0.3 is 5.97 Å². The van der Waals surface area contributed by atoms with Gasteiger partial charge in [-0.2, -0.15) is 5.10 Å². The molecule has 2 saturated heterocycles. The third-order valence-corrected chi connectivity index (χ3v) is 10.7. The van der Waals surface area contributed by atoms with E-state index in [1.807, 2.05) is 69.8 Å². The maximum absolute atomic E-state index is 12.7. The van der Waals surface area contributed by atoms with Crippen molar-refractivity contribution in [3.05, 3.63) is 64.7 Å². The van der Waals surface area contributed by atoms with Gasteiger partial charge in [-0.15, -0.1) is 11.3 Å². The van der Waals surface area contributed by atoms with Crippen LogP contribution >= 0.6 is 22.9 Å². The molecule has 0 bridgehead atoms. The molecule has 0 saturated carbocycles. The van der Waals surface area contributed by atoms with Crippen LogP contribution < -0.4 is 4.90 Å². The average Bonchev–Trinajstić information content (AvgIpc) is 3.55. The third-order valence-electron chi connectivity index (χ3n) is 9.27. The summed E-state index contributed by atoms with van der Waals surface area (Å²) in [6.45, 7) is 11.4. The molecule has 2 aliphatic rings. The molecule has 7 rings (SSSR count). The quantitative estimate of drug-likeness (QED) is 0.188. The monoisotopic (exact) mass is 658 g/mol. The number of carbonyl (C=O) groups is 1. The van der Waals surface area contributed by atoms with E-state index in [4.69, 9.17) is 31.2 Å². The molecule has 2 aliphatic heterocycles. The number of hydrogen-bond acceptors (Lipinski definition) is 7. The minimum absolute atomic E-state index is 0.613. The molecule has 0 amide bonds. The van der Waals surface area contributed by atoms with Crippen LogP contribution in [0.4, 0.5) is 5.82 Å². The molecule has 2 fully saturated rings. The number of rotatable bonds is 7. The first-order valence-electron chi connectivity index (χ1n) is 15.9. The predicted molar refractivity (Wildman–Crippen MR) is 185 cm³/mol. The summed E-state index contributed by atoms with van der Waals surface area (Å²) in [5.41, 5.74) is 5.37. The fourth-order valence-corrected chi connectivity index (χ4v) is 8.13. The van der Waals surface area contributed by atoms with Crippen LogP contribution in [0.3, 0.4) is 0 Å². The van der Waals surface area contributed by atoms with Crippen LogP contribution in [-0.2, 0) is 21.3 Å². The second-order valence-corrected chi connectivity index (χ2v) is 15.0. The number of benzene rings is 3. The first-order chi connectivity index (χ1) is 22.0. The van der Waals surface area contributed by atoms with Crippen molar-refractivity contribution >= 4 is 55.8 Å². The fraction of sp³-hybridized carbons (Fsp3) is 0.417. The number of anilines is 1. The van der Waals surface area contributed by atoms with Crippen LogP contribution in [0.25, 0.3) is 42.8 Å². The van der Waals surface area contributed by atoms with E-state index < -0.39 is 17.7 Å². The summed E-state index contributed by atoms with van der Waals surface area (Å²) in [6.07, 6.45) is 1.17. The highest BCUT2D eigenvalue weighted by atomic mass is 35.5. The molecule has 0 radical (unpaired) electrons. The van der Waals surface area contributed by atoms with Crippen LogP contribution in [0, 0.1) is 18.8 Å². The number of ether oxygens (including phenoxy) is 2. The highest BCUT2D eigenvalue weighted by Crippen LogP contribution is 2.45. The molecule has 1 N–H and O–H groups in total. The van der Waals surface area contributed by atoms with Gasteiger partial charge in [0.15, 0.2) is 11.9 Å². The second kappa shape index (κ2) is 11.9. The molecule has 240 valence electrons. The fourth-order valence-electron chi connectivity index (χ4n) is 6.88. The minimum atomic E-state index is -1.16. The van der Waals surface area contributed by atoms with Crippen molar-refractivity contribution < 1.29 is 19.4 Å². The number of piperidine rings is 1. The topological polar surface area (TPSA) is 89.7 Å². The van der Waals surface area contributed by atoms with Crippen LogP contribution in [0.1, 0.15) is 50.8 Å². The molecule has 8 nitrogen and oxygen atoms in total. The highest BCUT2D eigenvalue weighted by molar-refractivity contribution is 7.22. The Balaban J connectivity index is 1.33. The van der Waals surface area contributed by atoms with Crippen LogP contribution in [0.15, 0.2) is 48.5 Å². The summed E-state index contributed by atoms with van der Waals surface area (Å²) in [6, 6.07) is 16.0. The van der Waals surface area contributed by atoms with Crippen molar-refractivity contribution in [1.29, 1.82) is 0 Å². The number of hydrogen-bond donors (Lipinski definition) is 1. The van der Waals surface area contributed by atoms with Crippen LogP contribution in [0.2, 0.25) is 5.02 Å². The van der Waals surface area contributed by atoms with E-state index in [9.17, 15) is 9.90 Å². The van der Waals surface area contributed by atoms with Gasteiger partial charge < -0.3 is 19.5 Å². The molecule has 3 aromatic carbocycles. The Labute approximate surface area is 277 Å². The van der Waals surface area contributed by atoms with E-state index in [-0.39, 0.29) is 0 Å². The molecule has 4 heterocycles. The van der Waals surface area contributed by atoms with Gasteiger partial charge in [-0.1, -0.05) is 23.7 Å². The van der Waals surface area contributed by atoms with E-state index in [0.29, 0.717) is 16.5 Å². The second-order valence-electron chi connectivity index (χ2n) is 13.6. The van der Waals surface area contributed by atoms with Gasteiger partial charge in [0.05, 0.1) is 34.5 Å². The van der Waals surface area contributed by atoms with E-state index in [2.05, 4.69) is 23.1 Å². The summed E-state index contributed by atoms with van der Waals surface area (Å²) in [4.78, 5) is 20.3. The summed E-state index contributed by atoms with van der Waals surface area (Å²) in [7, 11) is 2.00. The Morgan fingerprint density at radius 2 is 1.76 bits per heavy atom. The smallest absolute Gasteiger partial charge is 0.337 e. The third kappa shape index (κ3) is 5.79. The van der Waals surface area contributed by atoms with E-state index in [1.54, 1.807) is 11.3 Å². The number of fused-ring (bicyclic) bond motifs is 2. The molecule has 2 aromatic heterocycles. The van der Waals surface area contributed by atoms with Crippen molar-refractivity contribution in [1.82, 2.24) is 14.8 Å². The van der Waals surface area contributed by atoms with Gasteiger partial charge in [-0.3, -0.25) is 4.68 Å². The van der Waals surface area contributed by atoms with Crippen molar-refractivity contribution in [2.24, 2.45) is 18.9 Å². The zero-order valence-corrected chi connectivity index (χ0v) is 28.4. The zero-order chi connectivity index (χ0) is 32.3. The predicted octanol–water partition coefficient (Wildman–Crippen LogP) is 8.28. The number of thiazole rings is 1. The number of aromatic nitrogens is 3. The molecule has 46 heavy (non-hydrogen) atoms. The van der Waals surface area contributed by atoms with Gasteiger partial charge in [-0.25, -0.2) is 9.78 Å². The Morgan fingerprint density at radius 1 is 1.07 bits per heavy atom. The standard InChI is InChI=1S/C36H39ClN4O4S/c1-20-16-27-32(30(22-6-9-25(37)10-7-22)29(20)31(35(42)43)45-36(2,3)4)46-34(38-27)23-8-11-28-26(17-23)33(39-40(28)5)41-14-12-21(13-15-41)24-18-44-19-24/h6-11,16-17,21,24,31H,12-15,18-19H2,1-5H3,(H,42,43). The van der Waals surface area contributed by atoms with E-state index >= 15 is 0 Å². The van der Waals surface area contributed by atoms with Gasteiger partial charge in [0.25, 0.3) is 0 Å². The van der Waals surface area contributed by atoms with Gasteiger partial charge in [-0.05, 0) is 94.0 Å². The number of carboxylic acids is 1. The van der Waals surface area contributed by atoms with Crippen LogP contribution in [-0.4, -0.2) is 57.7 Å². The lowest BCUT2D eigenvalue weighted by Crippen LogP contribution is -2.42. The van der Waals surface area contributed by atoms with Gasteiger partial charge in [0.2, 0.25) is 0 Å². The first kappa shape index (κ1) is 31.1. The highest BCUT2D eigenvalue weighted by Gasteiger charge is 2.34. The molecule has 0 spiro atoms. The van der Waals surface area contributed by atoms with Gasteiger partial charge in [0.1, 0.15) is 5.01 Å². The number of aryl methyl sites for hydroxylation is 2. The van der Waals surface area contributed by atoms with Crippen molar-refractivity contribution in [3.63, 3.8) is 0 Å². The summed E-state index contributed by atoms with van der Waals surface area (Å²) in [5.74, 6) is 1.43. The maximum Gasteiger partial charge on any atom is 0.337 e. The SMILES string of the molecule is Cc1cc2nc(-c3ccc4c(c3)c(N3CCC(C5COC5)CC3)nn4C)sc2c(-c2ccc(Cl)cc2)c1C(OC(C)(C)C)C(=O)O. The van der Waals surface area contributed by atoms with Gasteiger partial charge in [0, 0.05) is 53.2 Å². The van der Waals surface area contributed by atoms with Crippen molar-refractivity contribution in [2.45, 2.75) is 52.2 Å². The average molecular weight is 659 g/mol. The Bertz CT molecular complexity index is 1930. The summed E-state index contributed by atoms with van der Waals surface area (Å²) >= 11 is 7.85. The molecule has 10 heteroatoms. The Morgan fingerprint density at radius 3 is 2.39 bits per heavy atom. The summed E-state index contributed by atoms with van der Waals surface area (Å²) < 4.78 is 14.5. The molecule has 0 aliphatic carbocycles. The lowest BCUT2D eigenvalue weighted by molar-refractivity contribution is -0.160. The number of carboxylic acid groups (broad SMARTS) is 1. The zero-order valence-electron chi connectivity index (χ0n) is 26.8. The van der Waals surface area contributed by atoms with E-state index in [0.717, 1.165) is 99.3 Å². The number of aliphatic carboxylic acids is 1. The normalized spacial score (nSPS) is 17.1. The number of nitrogens with zero attached hydrogens (tertiary/aromatic N) is 4. The first-order valence-corrected chi connectivity index (χ1v) is 17.1. The van der Waals surface area contributed by atoms with Crippen molar-refractivity contribution in [3.8, 4) is 21.7 Å². The Hall–Kier alpha value is -3.50. The molecular formula is C36H39ClN4O4S. The minimum Gasteiger partial charge on any atom is -0.479 e. The maximum atomic E-state index is 12.7. The molecule has 5 aromatic rings. The molecule has 1 unspecified atom stereocenters. The largest absolute Gasteiger partial charge is 0.479 e. The van der Waals surface area contributed by atoms with Crippen LogP contribution in [0.5, 0.6) is 0 Å². The Kier molecular flexibility index (Phi) is 8.08. The lowest BCUT2D eigenvalue weighted by Gasteiger charge is -2.39. The number of halogens is 1. The molecular weight excluding hydrogens is 620 g/mol. The molecule has 1 atom stereocenters. The van der Waals surface area contributed by atoms with Crippen molar-refractivity contribution in [2.75, 3.05) is 31.2 Å². The van der Waals surface area contributed by atoms with E-state index in [1.165, 1.54) is 0 Å². The summed E-state index contributed by atoms with van der Waals surface area (Å²) in [5, 5.41) is 18.0.